The highest BCUT2D eigenvalue weighted by atomic mass is 35.5. The predicted octanol–water partition coefficient (Wildman–Crippen LogP) is 4.09. The van der Waals surface area contributed by atoms with Crippen LogP contribution in [0.5, 0.6) is 0 Å². The molecule has 5 nitrogen and oxygen atoms in total. The Kier molecular flexibility index (Phi) is 3.78. The molecule has 0 unspecified atom stereocenters. The molecule has 0 radical (unpaired) electrons. The van der Waals surface area contributed by atoms with E-state index >= 15 is 0 Å². The Bertz CT molecular complexity index is 1150. The Labute approximate surface area is 153 Å². The number of aromatic amines is 1. The number of fused-ring (bicyclic) bond motifs is 2. The minimum atomic E-state index is -0.242. The van der Waals surface area contributed by atoms with E-state index in [0.717, 1.165) is 11.3 Å². The first-order valence-electron chi connectivity index (χ1n) is 7.73. The molecule has 0 aliphatic heterocycles. The highest BCUT2D eigenvalue weighted by Crippen LogP contribution is 2.25. The third-order valence-electron chi connectivity index (χ3n) is 4.26. The molecule has 0 aliphatic carbocycles. The van der Waals surface area contributed by atoms with Crippen molar-refractivity contribution >= 4 is 39.8 Å². The zero-order valence-electron chi connectivity index (χ0n) is 13.6. The fourth-order valence-corrected chi connectivity index (χ4v) is 3.13. The number of nitrogens with zero attached hydrogens (tertiary/aromatic N) is 3. The Hall–Kier alpha value is -2.37. The number of rotatable bonds is 2. The third-order valence-corrected chi connectivity index (χ3v) is 4.98. The van der Waals surface area contributed by atoms with Gasteiger partial charge < -0.3 is 9.38 Å². The van der Waals surface area contributed by atoms with Gasteiger partial charge in [0, 0.05) is 18.8 Å². The van der Waals surface area contributed by atoms with Gasteiger partial charge in [0.25, 0.3) is 5.56 Å². The van der Waals surface area contributed by atoms with Crippen molar-refractivity contribution in [3.63, 3.8) is 0 Å². The molecule has 0 aliphatic rings. The smallest absolute Gasteiger partial charge is 0.258 e. The van der Waals surface area contributed by atoms with E-state index in [1.54, 1.807) is 6.07 Å². The fraction of sp³-hybridized carbons (Fsp3) is 0.167. The van der Waals surface area contributed by atoms with Crippen LogP contribution in [0.25, 0.3) is 16.6 Å². The normalized spacial score (nSPS) is 11.5. The Morgan fingerprint density at radius 1 is 1.04 bits per heavy atom. The van der Waals surface area contributed by atoms with Crippen molar-refractivity contribution < 1.29 is 0 Å². The first-order valence-corrected chi connectivity index (χ1v) is 8.49. The topological polar surface area (TPSA) is 63.0 Å². The minimum Gasteiger partial charge on any atom is -0.310 e. The Morgan fingerprint density at radius 2 is 1.80 bits per heavy atom. The molecule has 3 aromatic heterocycles. The summed E-state index contributed by atoms with van der Waals surface area (Å²) in [6, 6.07) is 5.18. The third kappa shape index (κ3) is 2.90. The quantitative estimate of drug-likeness (QED) is 0.576. The average Bonchev–Trinajstić information content (AvgIpc) is 2.91. The molecular formula is C18H14Cl2N4O. The molecule has 0 atom stereocenters. The summed E-state index contributed by atoms with van der Waals surface area (Å²) in [4.78, 5) is 24.2. The van der Waals surface area contributed by atoms with Gasteiger partial charge in [0.2, 0.25) is 0 Å². The van der Waals surface area contributed by atoms with E-state index in [0.29, 0.717) is 33.2 Å². The van der Waals surface area contributed by atoms with Gasteiger partial charge in [-0.25, -0.2) is 9.97 Å². The second-order valence-electron chi connectivity index (χ2n) is 6.11. The van der Waals surface area contributed by atoms with E-state index in [-0.39, 0.29) is 5.56 Å². The lowest BCUT2D eigenvalue weighted by molar-refractivity contribution is 0.950. The SMILES string of the molecule is Cc1cc2nc(Cc3nc4cc(Cl)c(Cl)cc4c(=O)[nH]3)cn2cc1C. The molecule has 4 aromatic rings. The predicted molar refractivity (Wildman–Crippen MR) is 99.9 cm³/mol. The van der Waals surface area contributed by atoms with Gasteiger partial charge in [-0.05, 0) is 43.2 Å². The standard InChI is InChI=1S/C18H14Cl2N4O/c1-9-3-17-21-11(8-24(17)7-10(9)2)4-16-22-15-6-14(20)13(19)5-12(15)18(25)23-16/h3,5-8H,4H2,1-2H3,(H,22,23,25). The molecule has 0 fully saturated rings. The van der Waals surface area contributed by atoms with Crippen LogP contribution in [0.3, 0.4) is 0 Å². The van der Waals surface area contributed by atoms with Gasteiger partial charge in [-0.2, -0.15) is 0 Å². The maximum absolute atomic E-state index is 12.3. The van der Waals surface area contributed by atoms with Crippen LogP contribution in [0.1, 0.15) is 22.6 Å². The lowest BCUT2D eigenvalue weighted by Gasteiger charge is -2.03. The summed E-state index contributed by atoms with van der Waals surface area (Å²) >= 11 is 12.0. The molecule has 3 heterocycles. The Morgan fingerprint density at radius 3 is 2.60 bits per heavy atom. The number of aryl methyl sites for hydroxylation is 2. The van der Waals surface area contributed by atoms with Crippen molar-refractivity contribution in [2.24, 2.45) is 0 Å². The van der Waals surface area contributed by atoms with E-state index in [2.05, 4.69) is 28.8 Å². The highest BCUT2D eigenvalue weighted by Gasteiger charge is 2.10. The summed E-state index contributed by atoms with van der Waals surface area (Å²) in [5.74, 6) is 0.535. The van der Waals surface area contributed by atoms with Crippen molar-refractivity contribution in [3.05, 3.63) is 73.6 Å². The summed E-state index contributed by atoms with van der Waals surface area (Å²) in [5.41, 5.74) is 4.36. The van der Waals surface area contributed by atoms with Crippen LogP contribution >= 0.6 is 23.2 Å². The first kappa shape index (κ1) is 16.1. The maximum atomic E-state index is 12.3. The van der Waals surface area contributed by atoms with Crippen molar-refractivity contribution in [1.29, 1.82) is 0 Å². The summed E-state index contributed by atoms with van der Waals surface area (Å²) in [6.45, 7) is 4.12. The van der Waals surface area contributed by atoms with Crippen molar-refractivity contribution in [3.8, 4) is 0 Å². The van der Waals surface area contributed by atoms with E-state index in [1.807, 2.05) is 22.9 Å². The summed E-state index contributed by atoms with van der Waals surface area (Å²) in [6.07, 6.45) is 4.41. The number of halogens is 2. The van der Waals surface area contributed by atoms with Crippen LogP contribution < -0.4 is 5.56 Å². The molecular weight excluding hydrogens is 359 g/mol. The van der Waals surface area contributed by atoms with Gasteiger partial charge in [-0.1, -0.05) is 23.2 Å². The van der Waals surface area contributed by atoms with Crippen LogP contribution in [0.15, 0.2) is 35.4 Å². The van der Waals surface area contributed by atoms with Gasteiger partial charge in [0.1, 0.15) is 11.5 Å². The number of imidazole rings is 1. The molecule has 1 N–H and O–H groups in total. The fourth-order valence-electron chi connectivity index (χ4n) is 2.81. The maximum Gasteiger partial charge on any atom is 0.258 e. The van der Waals surface area contributed by atoms with Crippen molar-refractivity contribution in [2.45, 2.75) is 20.3 Å². The molecule has 0 bridgehead atoms. The summed E-state index contributed by atoms with van der Waals surface area (Å²) < 4.78 is 1.98. The molecule has 0 amide bonds. The lowest BCUT2D eigenvalue weighted by Crippen LogP contribution is -2.12. The molecule has 0 saturated heterocycles. The number of aromatic nitrogens is 4. The van der Waals surface area contributed by atoms with Gasteiger partial charge >= 0.3 is 0 Å². The zero-order valence-corrected chi connectivity index (χ0v) is 15.1. The number of pyridine rings is 1. The van der Waals surface area contributed by atoms with Crippen LogP contribution in [0.4, 0.5) is 0 Å². The van der Waals surface area contributed by atoms with Gasteiger partial charge in [0.05, 0.1) is 26.6 Å². The number of H-pyrrole nitrogens is 1. The van der Waals surface area contributed by atoms with Gasteiger partial charge in [-0.3, -0.25) is 4.79 Å². The molecule has 0 saturated carbocycles. The molecule has 4 rings (SSSR count). The molecule has 25 heavy (non-hydrogen) atoms. The second kappa shape index (κ2) is 5.86. The zero-order chi connectivity index (χ0) is 17.7. The van der Waals surface area contributed by atoms with Crippen molar-refractivity contribution in [2.75, 3.05) is 0 Å². The van der Waals surface area contributed by atoms with Gasteiger partial charge in [-0.15, -0.1) is 0 Å². The van der Waals surface area contributed by atoms with Crippen LogP contribution in [0.2, 0.25) is 10.0 Å². The number of hydrogen-bond donors (Lipinski definition) is 1. The van der Waals surface area contributed by atoms with E-state index in [4.69, 9.17) is 23.2 Å². The number of benzene rings is 1. The minimum absolute atomic E-state index is 0.242. The van der Waals surface area contributed by atoms with E-state index in [9.17, 15) is 4.79 Å². The Balaban J connectivity index is 1.78. The molecule has 0 spiro atoms. The largest absolute Gasteiger partial charge is 0.310 e. The van der Waals surface area contributed by atoms with Crippen LogP contribution in [-0.2, 0) is 6.42 Å². The second-order valence-corrected chi connectivity index (χ2v) is 6.92. The summed E-state index contributed by atoms with van der Waals surface area (Å²) in [5, 5.41) is 1.12. The molecule has 1 aromatic carbocycles. The lowest BCUT2D eigenvalue weighted by atomic mass is 10.2. The van der Waals surface area contributed by atoms with Crippen molar-refractivity contribution in [1.82, 2.24) is 19.4 Å². The highest BCUT2D eigenvalue weighted by molar-refractivity contribution is 6.42. The molecule has 7 heteroatoms. The van der Waals surface area contributed by atoms with E-state index < -0.39 is 0 Å². The number of hydrogen-bond acceptors (Lipinski definition) is 3. The first-order chi connectivity index (χ1) is 11.9. The van der Waals surface area contributed by atoms with Crippen LogP contribution in [-0.4, -0.2) is 19.4 Å². The number of nitrogens with one attached hydrogen (secondary N) is 1. The van der Waals surface area contributed by atoms with Crippen LogP contribution in [0, 0.1) is 13.8 Å². The summed E-state index contributed by atoms with van der Waals surface area (Å²) in [7, 11) is 0. The average molecular weight is 373 g/mol. The van der Waals surface area contributed by atoms with E-state index in [1.165, 1.54) is 17.2 Å². The monoisotopic (exact) mass is 372 g/mol. The molecule has 126 valence electrons. The van der Waals surface area contributed by atoms with Gasteiger partial charge in [0.15, 0.2) is 0 Å².